The fraction of sp³-hybridized carbons (Fsp3) is 0.278. The number of methoxy groups -OCH3 is 1. The van der Waals surface area contributed by atoms with Crippen molar-refractivity contribution in [2.45, 2.75) is 57.6 Å². The summed E-state index contributed by atoms with van der Waals surface area (Å²) in [5.41, 5.74) is 3.73. The summed E-state index contributed by atoms with van der Waals surface area (Å²) in [5.74, 6) is -0.545. The predicted octanol–water partition coefficient (Wildman–Crippen LogP) is 5.67. The van der Waals surface area contributed by atoms with Gasteiger partial charge in [0, 0.05) is 19.0 Å². The van der Waals surface area contributed by atoms with Gasteiger partial charge >= 0.3 is 0 Å². The van der Waals surface area contributed by atoms with E-state index in [1.54, 1.807) is 30.3 Å². The molecule has 0 fully saturated rings. The number of benzene rings is 4. The maximum atomic E-state index is 14.6. The minimum atomic E-state index is -4.23. The van der Waals surface area contributed by atoms with Gasteiger partial charge in [-0.2, -0.15) is 0 Å². The fourth-order valence-corrected chi connectivity index (χ4v) is 6.61. The molecule has 2 amide bonds. The van der Waals surface area contributed by atoms with E-state index in [9.17, 15) is 18.0 Å². The molecule has 0 aromatic heterocycles. The monoisotopic (exact) mass is 627 g/mol. The number of anilines is 1. The number of hydrogen-bond donors (Lipinski definition) is 1. The van der Waals surface area contributed by atoms with Crippen molar-refractivity contribution in [3.8, 4) is 5.75 Å². The van der Waals surface area contributed by atoms with Crippen LogP contribution < -0.4 is 14.4 Å². The zero-order valence-electron chi connectivity index (χ0n) is 26.4. The molecular formula is C36H41N3O5S. The van der Waals surface area contributed by atoms with Crippen molar-refractivity contribution in [3.63, 3.8) is 0 Å². The lowest BCUT2D eigenvalue weighted by molar-refractivity contribution is -0.140. The summed E-state index contributed by atoms with van der Waals surface area (Å²) in [5, 5.41) is 2.98. The van der Waals surface area contributed by atoms with Gasteiger partial charge in [0.05, 0.1) is 17.7 Å². The van der Waals surface area contributed by atoms with E-state index in [-0.39, 0.29) is 35.5 Å². The van der Waals surface area contributed by atoms with Crippen molar-refractivity contribution < 1.29 is 22.7 Å². The van der Waals surface area contributed by atoms with Crippen LogP contribution in [0.3, 0.4) is 0 Å². The largest absolute Gasteiger partial charge is 0.495 e. The number of nitrogens with zero attached hydrogens (tertiary/aromatic N) is 2. The van der Waals surface area contributed by atoms with Crippen LogP contribution in [0.5, 0.6) is 5.75 Å². The SMILES string of the molecule is COc1ccc(C)cc1N(CC(=O)N(Cc1cccc(C)c1)C(Cc1ccccc1)C(=O)NC(C)C)S(=O)(=O)c1ccccc1. The smallest absolute Gasteiger partial charge is 0.264 e. The summed E-state index contributed by atoms with van der Waals surface area (Å²) >= 11 is 0. The van der Waals surface area contributed by atoms with Crippen LogP contribution in [0, 0.1) is 13.8 Å². The van der Waals surface area contributed by atoms with Gasteiger partial charge in [0.15, 0.2) is 0 Å². The van der Waals surface area contributed by atoms with Gasteiger partial charge < -0.3 is 15.0 Å². The summed E-state index contributed by atoms with van der Waals surface area (Å²) in [4.78, 5) is 30.0. The van der Waals surface area contributed by atoms with Crippen LogP contribution in [0.15, 0.2) is 108 Å². The molecule has 0 saturated heterocycles. The second-order valence-electron chi connectivity index (χ2n) is 11.4. The summed E-state index contributed by atoms with van der Waals surface area (Å²) in [6, 6.07) is 29.3. The topological polar surface area (TPSA) is 96.0 Å². The van der Waals surface area contributed by atoms with Crippen molar-refractivity contribution in [2.24, 2.45) is 0 Å². The Morgan fingerprint density at radius 2 is 1.42 bits per heavy atom. The van der Waals surface area contributed by atoms with Crippen LogP contribution in [-0.4, -0.2) is 50.9 Å². The van der Waals surface area contributed by atoms with Crippen molar-refractivity contribution in [1.82, 2.24) is 10.2 Å². The van der Waals surface area contributed by atoms with Gasteiger partial charge in [-0.1, -0.05) is 84.4 Å². The van der Waals surface area contributed by atoms with Gasteiger partial charge in [-0.15, -0.1) is 0 Å². The second kappa shape index (κ2) is 14.9. The molecule has 8 nitrogen and oxygen atoms in total. The molecule has 9 heteroatoms. The van der Waals surface area contributed by atoms with Crippen LogP contribution in [0.25, 0.3) is 0 Å². The Morgan fingerprint density at radius 3 is 2.04 bits per heavy atom. The first-order chi connectivity index (χ1) is 21.5. The highest BCUT2D eigenvalue weighted by Crippen LogP contribution is 2.34. The molecule has 4 aromatic carbocycles. The van der Waals surface area contributed by atoms with Crippen molar-refractivity contribution in [2.75, 3.05) is 18.0 Å². The predicted molar refractivity (Wildman–Crippen MR) is 178 cm³/mol. The third-order valence-corrected chi connectivity index (χ3v) is 9.12. The van der Waals surface area contributed by atoms with Crippen LogP contribution >= 0.6 is 0 Å². The van der Waals surface area contributed by atoms with Crippen molar-refractivity contribution in [1.29, 1.82) is 0 Å². The Hall–Kier alpha value is -4.63. The normalized spacial score (nSPS) is 12.0. The molecule has 1 N–H and O–H groups in total. The number of sulfonamides is 1. The maximum absolute atomic E-state index is 14.6. The van der Waals surface area contributed by atoms with E-state index in [0.29, 0.717) is 5.75 Å². The standard InChI is InChI=1S/C36H41N3O5S/c1-26(2)37-36(41)33(23-29-14-8-6-9-15-29)38(24-30-16-12-13-27(3)21-30)35(40)25-39(32-22-28(4)19-20-34(32)44-5)45(42,43)31-17-10-7-11-18-31/h6-22,26,33H,23-25H2,1-5H3,(H,37,41). The van der Waals surface area contributed by atoms with Gasteiger partial charge in [0.25, 0.3) is 10.0 Å². The number of hydrogen-bond acceptors (Lipinski definition) is 5. The average molecular weight is 628 g/mol. The minimum Gasteiger partial charge on any atom is -0.495 e. The third kappa shape index (κ3) is 8.51. The highest BCUT2D eigenvalue weighted by molar-refractivity contribution is 7.92. The second-order valence-corrected chi connectivity index (χ2v) is 13.2. The molecule has 0 aliphatic heterocycles. The summed E-state index contributed by atoms with van der Waals surface area (Å²) in [7, 11) is -2.77. The van der Waals surface area contributed by atoms with Gasteiger partial charge in [-0.3, -0.25) is 13.9 Å². The lowest BCUT2D eigenvalue weighted by atomic mass is 10.0. The first kappa shape index (κ1) is 33.3. The Labute approximate surface area is 266 Å². The molecule has 0 aliphatic rings. The van der Waals surface area contributed by atoms with E-state index in [2.05, 4.69) is 5.32 Å². The quantitative estimate of drug-likeness (QED) is 0.206. The molecular weight excluding hydrogens is 586 g/mol. The molecule has 4 aromatic rings. The number of nitrogens with one attached hydrogen (secondary N) is 1. The summed E-state index contributed by atoms with van der Waals surface area (Å²) in [6.07, 6.45) is 0.246. The molecule has 45 heavy (non-hydrogen) atoms. The van der Waals surface area contributed by atoms with Crippen LogP contribution in [-0.2, 0) is 32.6 Å². The number of amides is 2. The highest BCUT2D eigenvalue weighted by Gasteiger charge is 2.35. The number of ether oxygens (including phenoxy) is 1. The van der Waals surface area contributed by atoms with Crippen LogP contribution in [0.2, 0.25) is 0 Å². The van der Waals surface area contributed by atoms with E-state index < -0.39 is 28.5 Å². The van der Waals surface area contributed by atoms with Crippen LogP contribution in [0.4, 0.5) is 5.69 Å². The molecule has 236 valence electrons. The van der Waals surface area contributed by atoms with Crippen LogP contribution in [0.1, 0.15) is 36.1 Å². The van der Waals surface area contributed by atoms with E-state index in [1.165, 1.54) is 24.1 Å². The lowest BCUT2D eigenvalue weighted by Gasteiger charge is -2.34. The maximum Gasteiger partial charge on any atom is 0.264 e. The Balaban J connectivity index is 1.85. The number of carbonyl (C=O) groups excluding carboxylic acids is 2. The van der Waals surface area contributed by atoms with E-state index in [0.717, 1.165) is 26.6 Å². The molecule has 0 aliphatic carbocycles. The number of rotatable bonds is 13. The van der Waals surface area contributed by atoms with Gasteiger partial charge in [0.1, 0.15) is 18.3 Å². The average Bonchev–Trinajstić information content (AvgIpc) is 3.02. The molecule has 0 radical (unpaired) electrons. The Bertz CT molecular complexity index is 1710. The van der Waals surface area contributed by atoms with Crippen molar-refractivity contribution in [3.05, 3.63) is 125 Å². The molecule has 0 heterocycles. The van der Waals surface area contributed by atoms with Gasteiger partial charge in [-0.25, -0.2) is 8.42 Å². The Morgan fingerprint density at radius 1 is 0.800 bits per heavy atom. The minimum absolute atomic E-state index is 0.0324. The van der Waals surface area contributed by atoms with Gasteiger partial charge in [-0.05, 0) is 68.7 Å². The zero-order valence-corrected chi connectivity index (χ0v) is 27.3. The molecule has 0 spiro atoms. The van der Waals surface area contributed by atoms with E-state index in [4.69, 9.17) is 4.74 Å². The Kier molecular flexibility index (Phi) is 11.0. The summed E-state index contributed by atoms with van der Waals surface area (Å²) in [6.45, 7) is 7.08. The third-order valence-electron chi connectivity index (χ3n) is 7.35. The molecule has 0 saturated carbocycles. The zero-order chi connectivity index (χ0) is 32.6. The lowest BCUT2D eigenvalue weighted by Crippen LogP contribution is -2.54. The van der Waals surface area contributed by atoms with Gasteiger partial charge in [0.2, 0.25) is 11.8 Å². The number of carbonyl (C=O) groups is 2. The number of aryl methyl sites for hydroxylation is 2. The molecule has 1 unspecified atom stereocenters. The highest BCUT2D eigenvalue weighted by atomic mass is 32.2. The first-order valence-electron chi connectivity index (χ1n) is 14.9. The first-order valence-corrected chi connectivity index (χ1v) is 16.4. The molecule has 0 bridgehead atoms. The van der Waals surface area contributed by atoms with E-state index in [1.807, 2.05) is 88.4 Å². The van der Waals surface area contributed by atoms with Crippen molar-refractivity contribution >= 4 is 27.5 Å². The fourth-order valence-electron chi connectivity index (χ4n) is 5.17. The molecule has 1 atom stereocenters. The molecule has 4 rings (SSSR count). The van der Waals surface area contributed by atoms with E-state index >= 15 is 0 Å². The summed E-state index contributed by atoms with van der Waals surface area (Å²) < 4.78 is 35.1.